The SMILES string of the molecule is Cc1ccc2c(c1)nc(N)n2C1CCCCCCC1. The molecule has 2 N–H and O–H groups in total. The first kappa shape index (κ1) is 12.5. The minimum absolute atomic E-state index is 0.535. The molecular weight excluding hydrogens is 234 g/mol. The second kappa shape index (κ2) is 5.24. The predicted molar refractivity (Wildman–Crippen MR) is 80.2 cm³/mol. The Morgan fingerprint density at radius 1 is 1.11 bits per heavy atom. The number of imidazole rings is 1. The van der Waals surface area contributed by atoms with Crippen LogP contribution in [0.4, 0.5) is 5.95 Å². The third-order valence-corrected chi connectivity index (χ3v) is 4.31. The standard InChI is InChI=1S/C16H23N3/c1-12-9-10-15-14(11-12)18-16(17)19(15)13-7-5-3-2-4-6-8-13/h9-11,13H,2-8H2,1H3,(H2,17,18). The van der Waals surface area contributed by atoms with E-state index in [0.717, 1.165) is 5.52 Å². The molecule has 102 valence electrons. The Bertz CT molecular complexity index is 563. The van der Waals surface area contributed by atoms with Gasteiger partial charge in [-0.3, -0.25) is 0 Å². The van der Waals surface area contributed by atoms with E-state index in [9.17, 15) is 0 Å². The molecule has 0 radical (unpaired) electrons. The zero-order valence-electron chi connectivity index (χ0n) is 11.7. The summed E-state index contributed by atoms with van der Waals surface area (Å²) in [6.07, 6.45) is 9.23. The Morgan fingerprint density at radius 2 is 1.79 bits per heavy atom. The van der Waals surface area contributed by atoms with E-state index >= 15 is 0 Å². The van der Waals surface area contributed by atoms with Gasteiger partial charge >= 0.3 is 0 Å². The van der Waals surface area contributed by atoms with E-state index in [1.54, 1.807) is 0 Å². The number of nitrogen functional groups attached to an aromatic ring is 1. The zero-order chi connectivity index (χ0) is 13.2. The number of aromatic nitrogens is 2. The maximum absolute atomic E-state index is 6.18. The monoisotopic (exact) mass is 257 g/mol. The second-order valence-corrected chi connectivity index (χ2v) is 5.83. The van der Waals surface area contributed by atoms with Crippen molar-refractivity contribution in [2.24, 2.45) is 0 Å². The van der Waals surface area contributed by atoms with Gasteiger partial charge in [-0.25, -0.2) is 4.98 Å². The van der Waals surface area contributed by atoms with Crippen LogP contribution in [0.15, 0.2) is 18.2 Å². The Hall–Kier alpha value is -1.51. The number of rotatable bonds is 1. The Morgan fingerprint density at radius 3 is 2.53 bits per heavy atom. The van der Waals surface area contributed by atoms with Crippen LogP contribution in [-0.4, -0.2) is 9.55 Å². The van der Waals surface area contributed by atoms with Crippen molar-refractivity contribution in [3.05, 3.63) is 23.8 Å². The van der Waals surface area contributed by atoms with Crippen molar-refractivity contribution in [2.75, 3.05) is 5.73 Å². The number of nitrogens with zero attached hydrogens (tertiary/aromatic N) is 2. The van der Waals surface area contributed by atoms with Gasteiger partial charge in [-0.1, -0.05) is 38.2 Å². The second-order valence-electron chi connectivity index (χ2n) is 5.83. The average Bonchev–Trinajstić information content (AvgIpc) is 2.64. The summed E-state index contributed by atoms with van der Waals surface area (Å²) >= 11 is 0. The van der Waals surface area contributed by atoms with Gasteiger partial charge in [0, 0.05) is 6.04 Å². The normalized spacial score (nSPS) is 18.4. The van der Waals surface area contributed by atoms with Crippen molar-refractivity contribution in [1.29, 1.82) is 0 Å². The molecule has 0 aliphatic heterocycles. The largest absolute Gasteiger partial charge is 0.369 e. The summed E-state index contributed by atoms with van der Waals surface area (Å²) in [7, 11) is 0. The van der Waals surface area contributed by atoms with Gasteiger partial charge in [0.25, 0.3) is 0 Å². The number of anilines is 1. The van der Waals surface area contributed by atoms with Crippen molar-refractivity contribution in [3.8, 4) is 0 Å². The molecule has 1 heterocycles. The first-order valence-corrected chi connectivity index (χ1v) is 7.50. The third kappa shape index (κ3) is 2.46. The highest BCUT2D eigenvalue weighted by atomic mass is 15.2. The lowest BCUT2D eigenvalue weighted by atomic mass is 9.96. The minimum Gasteiger partial charge on any atom is -0.369 e. The van der Waals surface area contributed by atoms with Crippen molar-refractivity contribution in [1.82, 2.24) is 9.55 Å². The first-order valence-electron chi connectivity index (χ1n) is 7.50. The van der Waals surface area contributed by atoms with Crippen LogP contribution in [-0.2, 0) is 0 Å². The first-order chi connectivity index (χ1) is 9.25. The summed E-state index contributed by atoms with van der Waals surface area (Å²) in [4.78, 5) is 4.54. The molecule has 0 spiro atoms. The van der Waals surface area contributed by atoms with Gasteiger partial charge < -0.3 is 10.3 Å². The topological polar surface area (TPSA) is 43.8 Å². The Kier molecular flexibility index (Phi) is 3.45. The average molecular weight is 257 g/mol. The van der Waals surface area contributed by atoms with Gasteiger partial charge in [-0.15, -0.1) is 0 Å². The number of fused-ring (bicyclic) bond motifs is 1. The van der Waals surface area contributed by atoms with Crippen LogP contribution in [0.3, 0.4) is 0 Å². The zero-order valence-corrected chi connectivity index (χ0v) is 11.7. The van der Waals surface area contributed by atoms with E-state index in [0.29, 0.717) is 12.0 Å². The fraction of sp³-hybridized carbons (Fsp3) is 0.562. The highest BCUT2D eigenvalue weighted by molar-refractivity contribution is 5.79. The molecule has 19 heavy (non-hydrogen) atoms. The summed E-state index contributed by atoms with van der Waals surface area (Å²) < 4.78 is 2.28. The molecule has 1 aliphatic rings. The highest BCUT2D eigenvalue weighted by Crippen LogP contribution is 2.32. The summed E-state index contributed by atoms with van der Waals surface area (Å²) in [5.74, 6) is 0.686. The van der Waals surface area contributed by atoms with E-state index in [1.807, 2.05) is 0 Å². The van der Waals surface area contributed by atoms with Crippen LogP contribution < -0.4 is 5.73 Å². The minimum atomic E-state index is 0.535. The predicted octanol–water partition coefficient (Wildman–Crippen LogP) is 4.21. The number of benzene rings is 1. The van der Waals surface area contributed by atoms with E-state index in [4.69, 9.17) is 5.73 Å². The number of hydrogen-bond acceptors (Lipinski definition) is 2. The number of aryl methyl sites for hydroxylation is 1. The van der Waals surface area contributed by atoms with E-state index in [-0.39, 0.29) is 0 Å². The molecule has 0 unspecified atom stereocenters. The van der Waals surface area contributed by atoms with Crippen LogP contribution >= 0.6 is 0 Å². The fourth-order valence-corrected chi connectivity index (χ4v) is 3.30. The van der Waals surface area contributed by atoms with Gasteiger partial charge in [-0.2, -0.15) is 0 Å². The molecule has 0 bridgehead atoms. The molecule has 1 aromatic heterocycles. The molecule has 0 amide bonds. The maximum Gasteiger partial charge on any atom is 0.201 e. The molecule has 2 aromatic rings. The maximum atomic E-state index is 6.18. The van der Waals surface area contributed by atoms with E-state index < -0.39 is 0 Å². The van der Waals surface area contributed by atoms with Gasteiger partial charge in [-0.05, 0) is 37.5 Å². The molecule has 1 saturated carbocycles. The Balaban J connectivity index is 2.00. The van der Waals surface area contributed by atoms with Crippen molar-refractivity contribution >= 4 is 17.0 Å². The van der Waals surface area contributed by atoms with Gasteiger partial charge in [0.15, 0.2) is 0 Å². The molecule has 1 aliphatic carbocycles. The van der Waals surface area contributed by atoms with Crippen LogP contribution in [0.5, 0.6) is 0 Å². The van der Waals surface area contributed by atoms with Crippen LogP contribution in [0.25, 0.3) is 11.0 Å². The molecule has 0 atom stereocenters. The fourth-order valence-electron chi connectivity index (χ4n) is 3.30. The van der Waals surface area contributed by atoms with Crippen LogP contribution in [0.2, 0.25) is 0 Å². The van der Waals surface area contributed by atoms with Crippen molar-refractivity contribution in [3.63, 3.8) is 0 Å². The number of nitrogens with two attached hydrogens (primary N) is 1. The quantitative estimate of drug-likeness (QED) is 0.831. The molecule has 0 saturated heterocycles. The molecule has 3 nitrogen and oxygen atoms in total. The van der Waals surface area contributed by atoms with Crippen LogP contribution in [0.1, 0.15) is 56.6 Å². The van der Waals surface area contributed by atoms with E-state index in [2.05, 4.69) is 34.7 Å². The van der Waals surface area contributed by atoms with Crippen molar-refractivity contribution < 1.29 is 0 Å². The summed E-state index contributed by atoms with van der Waals surface area (Å²) in [6, 6.07) is 6.99. The molecule has 3 rings (SSSR count). The highest BCUT2D eigenvalue weighted by Gasteiger charge is 2.18. The van der Waals surface area contributed by atoms with Crippen molar-refractivity contribution in [2.45, 2.75) is 57.9 Å². The van der Waals surface area contributed by atoms with Gasteiger partial charge in [0.2, 0.25) is 5.95 Å². The molecule has 3 heteroatoms. The van der Waals surface area contributed by atoms with Gasteiger partial charge in [0.1, 0.15) is 0 Å². The smallest absolute Gasteiger partial charge is 0.201 e. The third-order valence-electron chi connectivity index (χ3n) is 4.31. The molecule has 1 fully saturated rings. The molecular formula is C16H23N3. The molecule has 1 aromatic carbocycles. The van der Waals surface area contributed by atoms with Crippen LogP contribution in [0, 0.1) is 6.92 Å². The summed E-state index contributed by atoms with van der Waals surface area (Å²) in [6.45, 7) is 2.10. The summed E-state index contributed by atoms with van der Waals surface area (Å²) in [5.41, 5.74) is 9.67. The lowest BCUT2D eigenvalue weighted by molar-refractivity contribution is 0.381. The Labute approximate surface area is 114 Å². The van der Waals surface area contributed by atoms with E-state index in [1.165, 1.54) is 56.0 Å². The lowest BCUT2D eigenvalue weighted by Crippen LogP contribution is -2.13. The number of hydrogen-bond donors (Lipinski definition) is 1. The summed E-state index contributed by atoms with van der Waals surface area (Å²) in [5, 5.41) is 0. The van der Waals surface area contributed by atoms with Gasteiger partial charge in [0.05, 0.1) is 11.0 Å². The lowest BCUT2D eigenvalue weighted by Gasteiger charge is -2.22.